The lowest BCUT2D eigenvalue weighted by atomic mass is 9.95. The molecular formula is C24H27ClN4O2. The average molecular weight is 439 g/mol. The molecule has 7 heteroatoms. The number of carbonyl (C=O) groups is 2. The SMILES string of the molecule is CC(NC(=O)c1ccc(Cl)cc1)c1nc2ccccc2n1CC(=O)NC1CCCCC1. The summed E-state index contributed by atoms with van der Waals surface area (Å²) in [5, 5.41) is 6.74. The minimum Gasteiger partial charge on any atom is -0.352 e. The highest BCUT2D eigenvalue weighted by Gasteiger charge is 2.22. The van der Waals surface area contributed by atoms with Crippen LogP contribution in [0.25, 0.3) is 11.0 Å². The van der Waals surface area contributed by atoms with Crippen molar-refractivity contribution in [3.05, 3.63) is 64.9 Å². The number of rotatable bonds is 6. The van der Waals surface area contributed by atoms with Crippen LogP contribution in [0.4, 0.5) is 0 Å². The van der Waals surface area contributed by atoms with Crippen molar-refractivity contribution in [1.29, 1.82) is 0 Å². The second-order valence-corrected chi connectivity index (χ2v) is 8.59. The molecule has 0 spiro atoms. The molecule has 3 aromatic rings. The van der Waals surface area contributed by atoms with Crippen LogP contribution in [-0.2, 0) is 11.3 Å². The number of imidazole rings is 1. The Morgan fingerprint density at radius 2 is 1.81 bits per heavy atom. The molecule has 2 aromatic carbocycles. The van der Waals surface area contributed by atoms with Crippen molar-refractivity contribution >= 4 is 34.4 Å². The van der Waals surface area contributed by atoms with E-state index in [9.17, 15) is 9.59 Å². The Hall–Kier alpha value is -2.86. The highest BCUT2D eigenvalue weighted by molar-refractivity contribution is 6.30. The summed E-state index contributed by atoms with van der Waals surface area (Å²) in [7, 11) is 0. The number of benzene rings is 2. The molecule has 1 fully saturated rings. The Morgan fingerprint density at radius 3 is 2.55 bits per heavy atom. The molecule has 162 valence electrons. The number of hydrogen-bond donors (Lipinski definition) is 2. The summed E-state index contributed by atoms with van der Waals surface area (Å²) in [6.45, 7) is 2.05. The standard InChI is InChI=1S/C24H27ClN4O2/c1-16(26-24(31)17-11-13-18(25)14-12-17)23-28-20-9-5-6-10-21(20)29(23)15-22(30)27-19-7-3-2-4-8-19/h5-6,9-14,16,19H,2-4,7-8,15H2,1H3,(H,26,31)(H,27,30). The minimum atomic E-state index is -0.377. The van der Waals surface area contributed by atoms with Crippen LogP contribution in [-0.4, -0.2) is 27.4 Å². The maximum Gasteiger partial charge on any atom is 0.251 e. The predicted octanol–water partition coefficient (Wildman–Crippen LogP) is 4.63. The first-order chi connectivity index (χ1) is 15.0. The zero-order chi connectivity index (χ0) is 21.8. The normalized spacial score (nSPS) is 15.5. The van der Waals surface area contributed by atoms with Crippen LogP contribution in [0, 0.1) is 0 Å². The first kappa shape index (κ1) is 21.4. The van der Waals surface area contributed by atoms with E-state index in [0.717, 1.165) is 36.7 Å². The van der Waals surface area contributed by atoms with E-state index in [1.54, 1.807) is 24.3 Å². The Morgan fingerprint density at radius 1 is 1.10 bits per heavy atom. The fraction of sp³-hybridized carbons (Fsp3) is 0.375. The van der Waals surface area contributed by atoms with Gasteiger partial charge in [0.05, 0.1) is 17.1 Å². The average Bonchev–Trinajstić information content (AvgIpc) is 3.13. The zero-order valence-electron chi connectivity index (χ0n) is 17.6. The summed E-state index contributed by atoms with van der Waals surface area (Å²) < 4.78 is 1.90. The summed E-state index contributed by atoms with van der Waals surface area (Å²) in [4.78, 5) is 30.2. The van der Waals surface area contributed by atoms with Gasteiger partial charge in [-0.15, -0.1) is 0 Å². The third kappa shape index (κ3) is 5.07. The lowest BCUT2D eigenvalue weighted by Crippen LogP contribution is -2.38. The minimum absolute atomic E-state index is 0.0208. The topological polar surface area (TPSA) is 76.0 Å². The van der Waals surface area contributed by atoms with E-state index >= 15 is 0 Å². The summed E-state index contributed by atoms with van der Waals surface area (Å²) in [6, 6.07) is 14.3. The monoisotopic (exact) mass is 438 g/mol. The maximum absolute atomic E-state index is 12.8. The highest BCUT2D eigenvalue weighted by atomic mass is 35.5. The molecule has 1 heterocycles. The van der Waals surface area contributed by atoms with Crippen LogP contribution in [0.2, 0.25) is 5.02 Å². The van der Waals surface area contributed by atoms with Gasteiger partial charge in [0.25, 0.3) is 5.91 Å². The van der Waals surface area contributed by atoms with Gasteiger partial charge in [0.2, 0.25) is 5.91 Å². The van der Waals surface area contributed by atoms with E-state index in [1.807, 2.05) is 35.8 Å². The largest absolute Gasteiger partial charge is 0.352 e. The summed E-state index contributed by atoms with van der Waals surface area (Å²) in [6.07, 6.45) is 5.65. The molecule has 1 aromatic heterocycles. The van der Waals surface area contributed by atoms with Gasteiger partial charge in [-0.05, 0) is 56.2 Å². The van der Waals surface area contributed by atoms with Crippen molar-refractivity contribution in [3.8, 4) is 0 Å². The number of para-hydroxylation sites is 2. The van der Waals surface area contributed by atoms with Crippen molar-refractivity contribution in [3.63, 3.8) is 0 Å². The molecule has 1 aliphatic rings. The molecule has 1 aliphatic carbocycles. The lowest BCUT2D eigenvalue weighted by molar-refractivity contribution is -0.122. The molecule has 2 amide bonds. The third-order valence-corrected chi connectivity index (χ3v) is 6.05. The van der Waals surface area contributed by atoms with Gasteiger partial charge in [-0.25, -0.2) is 4.98 Å². The number of fused-ring (bicyclic) bond motifs is 1. The lowest BCUT2D eigenvalue weighted by Gasteiger charge is -2.23. The number of aromatic nitrogens is 2. The number of nitrogens with zero attached hydrogens (tertiary/aromatic N) is 2. The van der Waals surface area contributed by atoms with Gasteiger partial charge < -0.3 is 15.2 Å². The Labute approximate surface area is 187 Å². The van der Waals surface area contributed by atoms with Crippen molar-refractivity contribution in [2.24, 2.45) is 0 Å². The fourth-order valence-corrected chi connectivity index (χ4v) is 4.33. The van der Waals surface area contributed by atoms with Crippen molar-refractivity contribution in [2.45, 2.75) is 57.7 Å². The first-order valence-corrected chi connectivity index (χ1v) is 11.2. The van der Waals surface area contributed by atoms with E-state index in [-0.39, 0.29) is 30.4 Å². The van der Waals surface area contributed by atoms with Gasteiger partial charge in [-0.3, -0.25) is 9.59 Å². The van der Waals surface area contributed by atoms with Gasteiger partial charge in [-0.1, -0.05) is 43.0 Å². The Bertz CT molecular complexity index is 1070. The Balaban J connectivity index is 1.54. The third-order valence-electron chi connectivity index (χ3n) is 5.80. The second kappa shape index (κ2) is 9.52. The second-order valence-electron chi connectivity index (χ2n) is 8.15. The maximum atomic E-state index is 12.8. The van der Waals surface area contributed by atoms with Crippen LogP contribution >= 0.6 is 11.6 Å². The van der Waals surface area contributed by atoms with E-state index in [4.69, 9.17) is 16.6 Å². The number of carbonyl (C=O) groups excluding carboxylic acids is 2. The molecule has 0 saturated heterocycles. The molecule has 2 N–H and O–H groups in total. The summed E-state index contributed by atoms with van der Waals surface area (Å²) >= 11 is 5.92. The number of amides is 2. The van der Waals surface area contributed by atoms with Gasteiger partial charge in [0.1, 0.15) is 12.4 Å². The van der Waals surface area contributed by atoms with Crippen LogP contribution in [0.1, 0.15) is 61.3 Å². The highest BCUT2D eigenvalue weighted by Crippen LogP contribution is 2.22. The van der Waals surface area contributed by atoms with Gasteiger partial charge in [-0.2, -0.15) is 0 Å². The van der Waals surface area contributed by atoms with E-state index in [2.05, 4.69) is 10.6 Å². The predicted molar refractivity (Wildman–Crippen MR) is 122 cm³/mol. The van der Waals surface area contributed by atoms with Crippen LogP contribution in [0.5, 0.6) is 0 Å². The van der Waals surface area contributed by atoms with Crippen molar-refractivity contribution < 1.29 is 9.59 Å². The summed E-state index contributed by atoms with van der Waals surface area (Å²) in [5.74, 6) is 0.421. The van der Waals surface area contributed by atoms with Crippen LogP contribution in [0.3, 0.4) is 0 Å². The number of nitrogens with one attached hydrogen (secondary N) is 2. The molecule has 0 radical (unpaired) electrons. The van der Waals surface area contributed by atoms with Gasteiger partial charge in [0, 0.05) is 16.6 Å². The first-order valence-electron chi connectivity index (χ1n) is 10.8. The molecule has 1 atom stereocenters. The molecule has 0 aliphatic heterocycles. The van der Waals surface area contributed by atoms with Crippen molar-refractivity contribution in [2.75, 3.05) is 0 Å². The van der Waals surface area contributed by atoms with E-state index in [1.165, 1.54) is 6.42 Å². The molecule has 1 unspecified atom stereocenters. The van der Waals surface area contributed by atoms with Crippen LogP contribution < -0.4 is 10.6 Å². The quantitative estimate of drug-likeness (QED) is 0.589. The number of halogens is 1. The molecular weight excluding hydrogens is 412 g/mol. The summed E-state index contributed by atoms with van der Waals surface area (Å²) in [5.41, 5.74) is 2.20. The Kier molecular flexibility index (Phi) is 6.56. The molecule has 0 bridgehead atoms. The van der Waals surface area contributed by atoms with E-state index < -0.39 is 0 Å². The van der Waals surface area contributed by atoms with E-state index in [0.29, 0.717) is 16.4 Å². The smallest absolute Gasteiger partial charge is 0.251 e. The molecule has 31 heavy (non-hydrogen) atoms. The molecule has 1 saturated carbocycles. The zero-order valence-corrected chi connectivity index (χ0v) is 18.4. The van der Waals surface area contributed by atoms with Gasteiger partial charge >= 0.3 is 0 Å². The molecule has 6 nitrogen and oxygen atoms in total. The van der Waals surface area contributed by atoms with Crippen molar-refractivity contribution in [1.82, 2.24) is 20.2 Å². The van der Waals surface area contributed by atoms with Crippen LogP contribution in [0.15, 0.2) is 48.5 Å². The molecule has 4 rings (SSSR count). The van der Waals surface area contributed by atoms with Gasteiger partial charge in [0.15, 0.2) is 0 Å². The number of hydrogen-bond acceptors (Lipinski definition) is 3. The fourth-order valence-electron chi connectivity index (χ4n) is 4.20.